The lowest BCUT2D eigenvalue weighted by molar-refractivity contribution is 0.135. The van der Waals surface area contributed by atoms with E-state index in [2.05, 4.69) is 26.2 Å². The summed E-state index contributed by atoms with van der Waals surface area (Å²) in [6, 6.07) is 6.51. The number of carbonyl (C=O) groups is 1. The molecule has 2 aliphatic heterocycles. The fourth-order valence-electron chi connectivity index (χ4n) is 4.36. The number of anilines is 1. The largest absolute Gasteiger partial charge is 0.357 e. The van der Waals surface area contributed by atoms with Crippen molar-refractivity contribution in [3.05, 3.63) is 23.9 Å². The van der Waals surface area contributed by atoms with Gasteiger partial charge in [-0.15, -0.1) is 0 Å². The number of rotatable bonds is 3. The summed E-state index contributed by atoms with van der Waals surface area (Å²) in [5.41, 5.74) is 0.596. The number of piperidine rings is 1. The molecule has 0 aliphatic carbocycles. The van der Waals surface area contributed by atoms with Gasteiger partial charge in [-0.3, -0.25) is 0 Å². The van der Waals surface area contributed by atoms with Crippen molar-refractivity contribution in [2.24, 2.45) is 5.92 Å². The van der Waals surface area contributed by atoms with E-state index in [-0.39, 0.29) is 12.1 Å². The van der Waals surface area contributed by atoms with Crippen LogP contribution in [0.25, 0.3) is 0 Å². The van der Waals surface area contributed by atoms with E-state index in [0.717, 1.165) is 51.1 Å². The smallest absolute Gasteiger partial charge is 0.317 e. The summed E-state index contributed by atoms with van der Waals surface area (Å²) in [4.78, 5) is 21.6. The van der Waals surface area contributed by atoms with Crippen molar-refractivity contribution >= 4 is 11.8 Å². The minimum absolute atomic E-state index is 0.105. The Balaban J connectivity index is 1.63. The van der Waals surface area contributed by atoms with Gasteiger partial charge in [-0.05, 0) is 57.6 Å². The van der Waals surface area contributed by atoms with Gasteiger partial charge in [-0.2, -0.15) is 5.26 Å². The van der Waals surface area contributed by atoms with E-state index in [0.29, 0.717) is 17.5 Å². The second kappa shape index (κ2) is 9.07. The molecule has 6 heteroatoms. The first kappa shape index (κ1) is 19.5. The number of hydrogen-bond acceptors (Lipinski definition) is 4. The summed E-state index contributed by atoms with van der Waals surface area (Å²) < 4.78 is 0. The van der Waals surface area contributed by atoms with Crippen molar-refractivity contribution in [2.75, 3.05) is 24.5 Å². The van der Waals surface area contributed by atoms with E-state index < -0.39 is 0 Å². The monoisotopic (exact) mass is 369 g/mol. The first-order chi connectivity index (χ1) is 13.1. The van der Waals surface area contributed by atoms with Gasteiger partial charge in [0, 0.05) is 37.9 Å². The fraction of sp³-hybridized carbons (Fsp3) is 0.667. The van der Waals surface area contributed by atoms with Crippen molar-refractivity contribution in [3.8, 4) is 6.07 Å². The van der Waals surface area contributed by atoms with Gasteiger partial charge >= 0.3 is 6.03 Å². The number of likely N-dealkylation sites (tertiary alicyclic amines) is 1. The van der Waals surface area contributed by atoms with E-state index in [1.165, 1.54) is 12.8 Å². The van der Waals surface area contributed by atoms with Crippen LogP contribution in [0.15, 0.2) is 18.3 Å². The molecule has 0 bridgehead atoms. The Morgan fingerprint density at radius 3 is 2.59 bits per heavy atom. The first-order valence-corrected chi connectivity index (χ1v) is 10.3. The molecule has 3 heterocycles. The highest BCUT2D eigenvalue weighted by molar-refractivity contribution is 5.74. The zero-order valence-electron chi connectivity index (χ0n) is 16.5. The molecule has 2 aliphatic rings. The highest BCUT2D eigenvalue weighted by atomic mass is 16.2. The third-order valence-electron chi connectivity index (χ3n) is 5.76. The molecule has 2 amide bonds. The van der Waals surface area contributed by atoms with Gasteiger partial charge in [-0.25, -0.2) is 9.78 Å². The number of nitrogens with zero attached hydrogens (tertiary/aromatic N) is 4. The number of pyridine rings is 1. The molecule has 1 atom stereocenters. The second-order valence-electron chi connectivity index (χ2n) is 8.06. The molecule has 1 aromatic rings. The summed E-state index contributed by atoms with van der Waals surface area (Å²) in [7, 11) is 0. The highest BCUT2D eigenvalue weighted by Gasteiger charge is 2.34. The number of carbonyl (C=O) groups excluding carboxylic acids is 1. The summed E-state index contributed by atoms with van der Waals surface area (Å²) in [6.45, 7) is 6.83. The van der Waals surface area contributed by atoms with E-state index in [1.54, 1.807) is 6.20 Å². The Morgan fingerprint density at radius 1 is 1.19 bits per heavy atom. The van der Waals surface area contributed by atoms with Crippen LogP contribution in [0, 0.1) is 17.2 Å². The van der Waals surface area contributed by atoms with Gasteiger partial charge in [0.1, 0.15) is 11.9 Å². The lowest BCUT2D eigenvalue weighted by Crippen LogP contribution is -2.52. The molecule has 3 rings (SSSR count). The molecular formula is C21H31N5O. The van der Waals surface area contributed by atoms with Crippen LogP contribution in [0.3, 0.4) is 0 Å². The number of urea groups is 1. The Bertz CT molecular complexity index is 658. The predicted molar refractivity (Wildman–Crippen MR) is 107 cm³/mol. The molecule has 1 aromatic heterocycles. The number of nitriles is 1. The van der Waals surface area contributed by atoms with Crippen molar-refractivity contribution in [1.82, 2.24) is 15.2 Å². The molecule has 2 saturated heterocycles. The van der Waals surface area contributed by atoms with Crippen molar-refractivity contribution in [3.63, 3.8) is 0 Å². The summed E-state index contributed by atoms with van der Waals surface area (Å²) >= 11 is 0. The maximum atomic E-state index is 12.7. The summed E-state index contributed by atoms with van der Waals surface area (Å²) in [5, 5.41) is 12.0. The molecule has 0 saturated carbocycles. The number of nitrogens with one attached hydrogen (secondary N) is 1. The van der Waals surface area contributed by atoms with Crippen LogP contribution in [0.1, 0.15) is 57.9 Å². The molecule has 27 heavy (non-hydrogen) atoms. The topological polar surface area (TPSA) is 72.3 Å². The normalized spacial score (nSPS) is 21.6. The highest BCUT2D eigenvalue weighted by Crippen LogP contribution is 2.31. The van der Waals surface area contributed by atoms with E-state index in [1.807, 2.05) is 26.0 Å². The summed E-state index contributed by atoms with van der Waals surface area (Å²) in [6.07, 6.45) is 8.46. The Morgan fingerprint density at radius 2 is 1.96 bits per heavy atom. The van der Waals surface area contributed by atoms with Crippen LogP contribution in [0.2, 0.25) is 0 Å². The number of aromatic nitrogens is 1. The van der Waals surface area contributed by atoms with Crippen molar-refractivity contribution in [2.45, 2.75) is 64.5 Å². The average molecular weight is 370 g/mol. The third kappa shape index (κ3) is 4.91. The van der Waals surface area contributed by atoms with Crippen LogP contribution >= 0.6 is 0 Å². The quantitative estimate of drug-likeness (QED) is 0.885. The maximum absolute atomic E-state index is 12.7. The minimum Gasteiger partial charge on any atom is -0.357 e. The van der Waals surface area contributed by atoms with Gasteiger partial charge in [0.05, 0.1) is 5.56 Å². The van der Waals surface area contributed by atoms with E-state index in [9.17, 15) is 4.79 Å². The lowest BCUT2D eigenvalue weighted by Gasteiger charge is -2.41. The molecule has 0 aromatic carbocycles. The molecule has 0 unspecified atom stereocenters. The van der Waals surface area contributed by atoms with Crippen molar-refractivity contribution < 1.29 is 4.79 Å². The molecule has 0 spiro atoms. The predicted octanol–water partition coefficient (Wildman–Crippen LogP) is 3.53. The lowest BCUT2D eigenvalue weighted by atomic mass is 9.86. The molecule has 146 valence electrons. The van der Waals surface area contributed by atoms with Gasteiger partial charge < -0.3 is 15.1 Å². The molecule has 0 radical (unpaired) electrons. The van der Waals surface area contributed by atoms with Gasteiger partial charge in [-0.1, -0.05) is 12.8 Å². The van der Waals surface area contributed by atoms with Crippen LogP contribution in [-0.4, -0.2) is 47.6 Å². The molecule has 6 nitrogen and oxygen atoms in total. The number of hydrogen-bond donors (Lipinski definition) is 1. The zero-order valence-corrected chi connectivity index (χ0v) is 16.5. The Labute approximate surface area is 162 Å². The van der Waals surface area contributed by atoms with Gasteiger partial charge in [0.15, 0.2) is 0 Å². The molecule has 2 fully saturated rings. The first-order valence-electron chi connectivity index (χ1n) is 10.3. The minimum atomic E-state index is 0.105. The molecule has 1 N–H and O–H groups in total. The van der Waals surface area contributed by atoms with E-state index in [4.69, 9.17) is 5.26 Å². The van der Waals surface area contributed by atoms with Gasteiger partial charge in [0.25, 0.3) is 0 Å². The van der Waals surface area contributed by atoms with Crippen LogP contribution in [0.4, 0.5) is 10.6 Å². The van der Waals surface area contributed by atoms with Gasteiger partial charge in [0.2, 0.25) is 0 Å². The standard InChI is InChI=1S/C21H31N5O/c1-16(2)24-21(27)26-11-5-3-4-6-19(26)18-9-12-25(13-10-18)20-8-7-17(14-22)15-23-20/h7-8,15-16,18-19H,3-6,9-13H2,1-2H3,(H,24,27)/t19-/m0/s1. The Hall–Kier alpha value is -2.29. The molecular weight excluding hydrogens is 338 g/mol. The zero-order chi connectivity index (χ0) is 19.2. The van der Waals surface area contributed by atoms with Crippen LogP contribution in [0.5, 0.6) is 0 Å². The second-order valence-corrected chi connectivity index (χ2v) is 8.06. The van der Waals surface area contributed by atoms with E-state index >= 15 is 0 Å². The van der Waals surface area contributed by atoms with Crippen molar-refractivity contribution in [1.29, 1.82) is 5.26 Å². The SMILES string of the molecule is CC(C)NC(=O)N1CCCCC[C@H]1C1CCN(c2ccc(C#N)cn2)CC1. The van der Waals surface area contributed by atoms with Crippen LogP contribution < -0.4 is 10.2 Å². The maximum Gasteiger partial charge on any atom is 0.317 e. The average Bonchev–Trinajstić information content (AvgIpc) is 2.94. The summed E-state index contributed by atoms with van der Waals surface area (Å²) in [5.74, 6) is 1.50. The number of amides is 2. The Kier molecular flexibility index (Phi) is 6.54. The van der Waals surface area contributed by atoms with Crippen LogP contribution in [-0.2, 0) is 0 Å². The fourth-order valence-corrected chi connectivity index (χ4v) is 4.36. The third-order valence-corrected chi connectivity index (χ3v) is 5.76.